The third-order valence-corrected chi connectivity index (χ3v) is 16.1. The van der Waals surface area contributed by atoms with E-state index in [1.165, 1.54) is 53.7 Å². The molecule has 0 N–H and O–H groups in total. The second kappa shape index (κ2) is 14.8. The van der Waals surface area contributed by atoms with Crippen molar-refractivity contribution in [3.8, 4) is 16.8 Å². The zero-order valence-electron chi connectivity index (χ0n) is 31.5. The maximum Gasteiger partial charge on any atom is 0.179 e. The summed E-state index contributed by atoms with van der Waals surface area (Å²) in [5, 5.41) is 7.97. The van der Waals surface area contributed by atoms with E-state index in [-0.39, 0.29) is 0 Å². The molecule has 3 heteroatoms. The molecular formula is C54H40N2Si. The fourth-order valence-corrected chi connectivity index (χ4v) is 13.5. The van der Waals surface area contributed by atoms with Gasteiger partial charge in [0.15, 0.2) is 8.07 Å². The van der Waals surface area contributed by atoms with Gasteiger partial charge in [0.1, 0.15) is 0 Å². The van der Waals surface area contributed by atoms with Crippen molar-refractivity contribution in [2.75, 3.05) is 4.90 Å². The largest absolute Gasteiger partial charge is 0.310 e. The molecule has 0 bridgehead atoms. The van der Waals surface area contributed by atoms with Gasteiger partial charge in [0.25, 0.3) is 0 Å². The first kappa shape index (κ1) is 34.3. The van der Waals surface area contributed by atoms with E-state index in [2.05, 4.69) is 252 Å². The Bertz CT molecular complexity index is 2810. The molecule has 0 aliphatic carbocycles. The Kier molecular flexibility index (Phi) is 8.90. The van der Waals surface area contributed by atoms with Gasteiger partial charge in [-0.1, -0.05) is 182 Å². The van der Waals surface area contributed by atoms with Crippen LogP contribution in [0.15, 0.2) is 243 Å². The van der Waals surface area contributed by atoms with E-state index >= 15 is 0 Å². The van der Waals surface area contributed by atoms with Crippen LogP contribution in [0, 0.1) is 0 Å². The highest BCUT2D eigenvalue weighted by atomic mass is 28.3. The van der Waals surface area contributed by atoms with E-state index in [1.807, 2.05) is 0 Å². The molecule has 0 aliphatic heterocycles. The lowest BCUT2D eigenvalue weighted by Gasteiger charge is -2.34. The second-order valence-corrected chi connectivity index (χ2v) is 18.3. The van der Waals surface area contributed by atoms with Gasteiger partial charge in [-0.25, -0.2) is 0 Å². The molecular weight excluding hydrogens is 705 g/mol. The van der Waals surface area contributed by atoms with E-state index < -0.39 is 8.07 Å². The SMILES string of the molecule is c1ccc(N(c2ccc(-c3ccc([Si](c4ccccc4)(c4ccccc4)c4ccccc4)cc3)cc2)c2ccc3c(c2)c2ccccc2n3-c2ccccc2)cc1. The van der Waals surface area contributed by atoms with Crippen LogP contribution in [0.2, 0.25) is 0 Å². The summed E-state index contributed by atoms with van der Waals surface area (Å²) in [6.07, 6.45) is 0. The fourth-order valence-electron chi connectivity index (χ4n) is 8.76. The normalized spacial score (nSPS) is 11.5. The monoisotopic (exact) mass is 744 g/mol. The summed E-state index contributed by atoms with van der Waals surface area (Å²) < 4.78 is 2.37. The summed E-state index contributed by atoms with van der Waals surface area (Å²) in [5.74, 6) is 0. The molecule has 0 saturated heterocycles. The van der Waals surface area contributed by atoms with Crippen molar-refractivity contribution in [3.63, 3.8) is 0 Å². The average Bonchev–Trinajstić information content (AvgIpc) is 3.63. The van der Waals surface area contributed by atoms with Crippen molar-refractivity contribution in [3.05, 3.63) is 243 Å². The predicted molar refractivity (Wildman–Crippen MR) is 245 cm³/mol. The van der Waals surface area contributed by atoms with E-state index in [4.69, 9.17) is 0 Å². The molecule has 0 atom stereocenters. The summed E-state index contributed by atoms with van der Waals surface area (Å²) in [7, 11) is -2.59. The number of fused-ring (bicyclic) bond motifs is 3. The van der Waals surface area contributed by atoms with Crippen LogP contribution in [0.1, 0.15) is 0 Å². The minimum Gasteiger partial charge on any atom is -0.310 e. The summed E-state index contributed by atoms with van der Waals surface area (Å²) in [6, 6.07) is 88.6. The van der Waals surface area contributed by atoms with Crippen molar-refractivity contribution in [1.29, 1.82) is 0 Å². The van der Waals surface area contributed by atoms with Gasteiger partial charge in [0.05, 0.1) is 11.0 Å². The molecule has 10 aromatic rings. The molecule has 0 spiro atoms. The fraction of sp³-hybridized carbons (Fsp3) is 0. The summed E-state index contributed by atoms with van der Waals surface area (Å²) in [4.78, 5) is 2.36. The van der Waals surface area contributed by atoms with Crippen LogP contribution in [-0.4, -0.2) is 12.6 Å². The van der Waals surface area contributed by atoms with Crippen molar-refractivity contribution in [2.24, 2.45) is 0 Å². The number of hydrogen-bond acceptors (Lipinski definition) is 1. The molecule has 0 fully saturated rings. The van der Waals surface area contributed by atoms with E-state index in [0.29, 0.717) is 0 Å². The first-order chi connectivity index (χ1) is 28.3. The van der Waals surface area contributed by atoms with Gasteiger partial charge in [0, 0.05) is 33.5 Å². The highest BCUT2D eigenvalue weighted by molar-refractivity contribution is 7.19. The van der Waals surface area contributed by atoms with Crippen molar-refractivity contribution < 1.29 is 0 Å². The minimum atomic E-state index is -2.59. The third-order valence-electron chi connectivity index (χ3n) is 11.3. The van der Waals surface area contributed by atoms with Crippen LogP contribution in [0.3, 0.4) is 0 Å². The van der Waals surface area contributed by atoms with Crippen LogP contribution in [-0.2, 0) is 0 Å². The number of nitrogens with zero attached hydrogens (tertiary/aromatic N) is 2. The highest BCUT2D eigenvalue weighted by Crippen LogP contribution is 2.40. The standard InChI is InChI=1S/C54H40N2Si/c1-6-18-43(19-7-1)55(46-36-39-54-52(40-46)51-28-16-17-29-53(51)56(54)44-20-8-2-9-21-44)45-34-30-41(31-35-45)42-32-37-50(38-33-42)57(47-22-10-3-11-23-47,48-24-12-4-13-25-48)49-26-14-5-15-27-49/h1-40H. The summed E-state index contributed by atoms with van der Waals surface area (Å²) in [6.45, 7) is 0. The van der Waals surface area contributed by atoms with Gasteiger partial charge < -0.3 is 9.47 Å². The Balaban J connectivity index is 1.05. The van der Waals surface area contributed by atoms with Gasteiger partial charge in [-0.2, -0.15) is 0 Å². The van der Waals surface area contributed by atoms with Crippen LogP contribution >= 0.6 is 0 Å². The second-order valence-electron chi connectivity index (χ2n) is 14.5. The topological polar surface area (TPSA) is 8.17 Å². The maximum atomic E-state index is 2.37. The smallest absolute Gasteiger partial charge is 0.179 e. The zero-order chi connectivity index (χ0) is 38.0. The van der Waals surface area contributed by atoms with E-state index in [9.17, 15) is 0 Å². The molecule has 1 aromatic heterocycles. The molecule has 1 heterocycles. The Morgan fingerprint density at radius 1 is 0.298 bits per heavy atom. The number of para-hydroxylation sites is 3. The van der Waals surface area contributed by atoms with Gasteiger partial charge in [0.2, 0.25) is 0 Å². The van der Waals surface area contributed by atoms with Gasteiger partial charge in [-0.3, -0.25) is 0 Å². The number of aromatic nitrogens is 1. The van der Waals surface area contributed by atoms with Gasteiger partial charge in [-0.05, 0) is 92.5 Å². The first-order valence-electron chi connectivity index (χ1n) is 19.6. The molecule has 57 heavy (non-hydrogen) atoms. The molecule has 0 radical (unpaired) electrons. The van der Waals surface area contributed by atoms with Crippen molar-refractivity contribution >= 4 is 67.7 Å². The quantitative estimate of drug-likeness (QED) is 0.106. The van der Waals surface area contributed by atoms with Crippen molar-refractivity contribution in [1.82, 2.24) is 4.57 Å². The van der Waals surface area contributed by atoms with Crippen molar-refractivity contribution in [2.45, 2.75) is 0 Å². The Morgan fingerprint density at radius 3 is 1.26 bits per heavy atom. The predicted octanol–water partition coefficient (Wildman–Crippen LogP) is 11.3. The average molecular weight is 745 g/mol. The first-order valence-corrected chi connectivity index (χ1v) is 21.6. The van der Waals surface area contributed by atoms with E-state index in [1.54, 1.807) is 0 Å². The zero-order valence-corrected chi connectivity index (χ0v) is 32.5. The van der Waals surface area contributed by atoms with Gasteiger partial charge in [-0.15, -0.1) is 0 Å². The summed E-state index contributed by atoms with van der Waals surface area (Å²) in [5.41, 5.74) is 9.28. The lowest BCUT2D eigenvalue weighted by Crippen LogP contribution is -2.74. The molecule has 0 saturated carbocycles. The lowest BCUT2D eigenvalue weighted by molar-refractivity contribution is 1.18. The summed E-state index contributed by atoms with van der Waals surface area (Å²) >= 11 is 0. The lowest BCUT2D eigenvalue weighted by atomic mass is 10.0. The molecule has 0 amide bonds. The highest BCUT2D eigenvalue weighted by Gasteiger charge is 2.41. The number of rotatable bonds is 9. The third kappa shape index (κ3) is 6.06. The Hall–Kier alpha value is -7.20. The Morgan fingerprint density at radius 2 is 0.702 bits per heavy atom. The molecule has 270 valence electrons. The van der Waals surface area contributed by atoms with Crippen LogP contribution in [0.5, 0.6) is 0 Å². The number of anilines is 3. The van der Waals surface area contributed by atoms with Crippen LogP contribution in [0.4, 0.5) is 17.1 Å². The molecule has 9 aromatic carbocycles. The minimum absolute atomic E-state index is 1.11. The van der Waals surface area contributed by atoms with E-state index in [0.717, 1.165) is 22.7 Å². The van der Waals surface area contributed by atoms with Crippen LogP contribution < -0.4 is 25.6 Å². The van der Waals surface area contributed by atoms with Crippen LogP contribution in [0.25, 0.3) is 38.6 Å². The van der Waals surface area contributed by atoms with Gasteiger partial charge >= 0.3 is 0 Å². The molecule has 10 rings (SSSR count). The molecule has 2 nitrogen and oxygen atoms in total. The number of hydrogen-bond donors (Lipinski definition) is 0. The molecule has 0 unspecified atom stereocenters. The Labute approximate surface area is 335 Å². The molecule has 0 aliphatic rings. The maximum absolute atomic E-state index is 2.59. The number of benzene rings is 9.